The number of nitrogens with zero attached hydrogens (tertiary/aromatic N) is 1. The van der Waals surface area contributed by atoms with Crippen LogP contribution in [0.1, 0.15) is 25.7 Å². The highest BCUT2D eigenvalue weighted by atomic mass is 32.2. The molecule has 2 atom stereocenters. The van der Waals surface area contributed by atoms with Gasteiger partial charge in [-0.3, -0.25) is 0 Å². The van der Waals surface area contributed by atoms with Crippen LogP contribution in [0.25, 0.3) is 0 Å². The molecule has 0 amide bonds. The maximum Gasteiger partial charge on any atom is 0.573 e. The van der Waals surface area contributed by atoms with E-state index in [-0.39, 0.29) is 10.8 Å². The van der Waals surface area contributed by atoms with Crippen LogP contribution in [-0.2, 0) is 10.0 Å². The fourth-order valence-corrected chi connectivity index (χ4v) is 3.26. The maximum absolute atomic E-state index is 12.1. The zero-order valence-corrected chi connectivity index (χ0v) is 12.8. The standard InChI is InChI=1S/C14H16F3NO4S/c15-14(16,17)22-11-5-7-12(8-6-11)23(20,21)18-9-10-3-1-2-4-13(10)19/h5-10,13,19H,1-4H2/b18-9+/t10?,13-/m1/s1. The SMILES string of the molecule is O=S(=O)(/N=C/C1CCCC[C@H]1O)c1ccc(OC(F)(F)F)cc1. The first-order chi connectivity index (χ1) is 10.7. The van der Waals surface area contributed by atoms with E-state index in [1.54, 1.807) is 0 Å². The van der Waals surface area contributed by atoms with E-state index in [0.29, 0.717) is 12.8 Å². The van der Waals surface area contributed by atoms with E-state index in [0.717, 1.165) is 37.1 Å². The molecule has 1 saturated carbocycles. The van der Waals surface area contributed by atoms with E-state index >= 15 is 0 Å². The van der Waals surface area contributed by atoms with Crippen molar-refractivity contribution in [2.24, 2.45) is 10.3 Å². The van der Waals surface area contributed by atoms with Crippen LogP contribution in [0.5, 0.6) is 5.75 Å². The molecule has 2 rings (SSSR count). The van der Waals surface area contributed by atoms with Crippen LogP contribution in [0.15, 0.2) is 33.6 Å². The van der Waals surface area contributed by atoms with Gasteiger partial charge in [0, 0.05) is 12.1 Å². The van der Waals surface area contributed by atoms with Gasteiger partial charge < -0.3 is 9.84 Å². The molecule has 0 aliphatic heterocycles. The Morgan fingerprint density at radius 3 is 2.35 bits per heavy atom. The average molecular weight is 351 g/mol. The first kappa shape index (κ1) is 17.7. The van der Waals surface area contributed by atoms with E-state index in [9.17, 15) is 26.7 Å². The molecule has 128 valence electrons. The summed E-state index contributed by atoms with van der Waals surface area (Å²) in [5.41, 5.74) is 0. The Morgan fingerprint density at radius 1 is 1.17 bits per heavy atom. The number of hydrogen-bond donors (Lipinski definition) is 1. The minimum Gasteiger partial charge on any atom is -0.406 e. The van der Waals surface area contributed by atoms with Gasteiger partial charge in [0.15, 0.2) is 0 Å². The minimum absolute atomic E-state index is 0.242. The summed E-state index contributed by atoms with van der Waals surface area (Å²) >= 11 is 0. The molecule has 23 heavy (non-hydrogen) atoms. The van der Waals surface area contributed by atoms with Crippen LogP contribution in [0.4, 0.5) is 13.2 Å². The fourth-order valence-electron chi connectivity index (χ4n) is 2.35. The molecular formula is C14H16F3NO4S. The number of aliphatic hydroxyl groups excluding tert-OH is 1. The zero-order chi connectivity index (χ0) is 17.1. The van der Waals surface area contributed by atoms with Crippen LogP contribution in [-0.4, -0.2) is 32.2 Å². The number of hydrogen-bond acceptors (Lipinski definition) is 4. The molecule has 1 unspecified atom stereocenters. The number of benzene rings is 1. The topological polar surface area (TPSA) is 76.0 Å². The Kier molecular flexibility index (Phi) is 5.30. The first-order valence-corrected chi connectivity index (χ1v) is 8.46. The Hall–Kier alpha value is -1.61. The number of sulfonamides is 1. The van der Waals surface area contributed by atoms with Crippen LogP contribution in [0, 0.1) is 5.92 Å². The Bertz CT molecular complexity index is 656. The molecule has 1 aromatic carbocycles. The van der Waals surface area contributed by atoms with Crippen molar-refractivity contribution in [3.63, 3.8) is 0 Å². The van der Waals surface area contributed by atoms with Crippen LogP contribution >= 0.6 is 0 Å². The van der Waals surface area contributed by atoms with Gasteiger partial charge >= 0.3 is 6.36 Å². The van der Waals surface area contributed by atoms with Gasteiger partial charge in [-0.2, -0.15) is 12.8 Å². The van der Waals surface area contributed by atoms with E-state index in [2.05, 4.69) is 9.13 Å². The third-order valence-corrected chi connectivity index (χ3v) is 4.79. The van der Waals surface area contributed by atoms with E-state index in [4.69, 9.17) is 0 Å². The summed E-state index contributed by atoms with van der Waals surface area (Å²) < 4.78 is 67.4. The Balaban J connectivity index is 2.10. The summed E-state index contributed by atoms with van der Waals surface area (Å²) in [5, 5.41) is 9.77. The second-order valence-electron chi connectivity index (χ2n) is 5.26. The second-order valence-corrected chi connectivity index (χ2v) is 6.90. The molecule has 1 fully saturated rings. The quantitative estimate of drug-likeness (QED) is 0.847. The predicted octanol–water partition coefficient (Wildman–Crippen LogP) is 2.90. The van der Waals surface area contributed by atoms with Crippen molar-refractivity contribution in [2.75, 3.05) is 0 Å². The third-order valence-electron chi connectivity index (χ3n) is 3.53. The van der Waals surface area contributed by atoms with Crippen LogP contribution in [0.2, 0.25) is 0 Å². The molecule has 0 bridgehead atoms. The van der Waals surface area contributed by atoms with E-state index in [1.807, 2.05) is 0 Å². The summed E-state index contributed by atoms with van der Waals surface area (Å²) in [5.74, 6) is -0.838. The average Bonchev–Trinajstić information content (AvgIpc) is 2.45. The largest absolute Gasteiger partial charge is 0.573 e. The number of ether oxygens (including phenoxy) is 1. The van der Waals surface area contributed by atoms with Crippen molar-refractivity contribution in [2.45, 2.75) is 43.0 Å². The fraction of sp³-hybridized carbons (Fsp3) is 0.500. The summed E-state index contributed by atoms with van der Waals surface area (Å²) in [6.45, 7) is 0. The number of halogens is 3. The van der Waals surface area contributed by atoms with Gasteiger partial charge in [-0.1, -0.05) is 12.8 Å². The lowest BCUT2D eigenvalue weighted by molar-refractivity contribution is -0.274. The summed E-state index contributed by atoms with van der Waals surface area (Å²) in [7, 11) is -4.02. The molecule has 0 heterocycles. The zero-order valence-electron chi connectivity index (χ0n) is 12.0. The Labute approximate surface area is 131 Å². The van der Waals surface area contributed by atoms with Crippen LogP contribution < -0.4 is 4.74 Å². The van der Waals surface area contributed by atoms with E-state index in [1.165, 1.54) is 6.21 Å². The predicted molar refractivity (Wildman–Crippen MR) is 76.8 cm³/mol. The third kappa shape index (κ3) is 5.21. The van der Waals surface area contributed by atoms with Crippen molar-refractivity contribution in [1.29, 1.82) is 0 Å². The highest BCUT2D eigenvalue weighted by Gasteiger charge is 2.31. The van der Waals surface area contributed by atoms with Gasteiger partial charge in [0.05, 0.1) is 11.0 Å². The number of rotatable bonds is 4. The lowest BCUT2D eigenvalue weighted by Crippen LogP contribution is -2.25. The molecular weight excluding hydrogens is 335 g/mol. The molecule has 0 aromatic heterocycles. The highest BCUT2D eigenvalue weighted by molar-refractivity contribution is 7.90. The van der Waals surface area contributed by atoms with Crippen LogP contribution in [0.3, 0.4) is 0 Å². The van der Waals surface area contributed by atoms with Gasteiger partial charge in [-0.15, -0.1) is 13.2 Å². The normalized spacial score (nSPS) is 23.1. The van der Waals surface area contributed by atoms with Gasteiger partial charge in [0.1, 0.15) is 5.75 Å². The van der Waals surface area contributed by atoms with E-state index < -0.39 is 28.2 Å². The van der Waals surface area contributed by atoms with Crippen molar-refractivity contribution >= 4 is 16.2 Å². The molecule has 5 nitrogen and oxygen atoms in total. The van der Waals surface area contributed by atoms with Gasteiger partial charge in [-0.05, 0) is 37.1 Å². The molecule has 0 radical (unpaired) electrons. The Morgan fingerprint density at radius 2 is 1.78 bits per heavy atom. The van der Waals surface area contributed by atoms with Crippen molar-refractivity contribution in [1.82, 2.24) is 0 Å². The molecule has 1 N–H and O–H groups in total. The lowest BCUT2D eigenvalue weighted by atomic mass is 9.88. The van der Waals surface area contributed by atoms with Gasteiger partial charge in [-0.25, -0.2) is 0 Å². The van der Waals surface area contributed by atoms with Crippen molar-refractivity contribution < 1.29 is 31.4 Å². The van der Waals surface area contributed by atoms with Crippen molar-refractivity contribution in [3.05, 3.63) is 24.3 Å². The molecule has 1 aromatic rings. The molecule has 0 spiro atoms. The maximum atomic E-state index is 12.1. The summed E-state index contributed by atoms with van der Waals surface area (Å²) in [6, 6.07) is 3.80. The molecule has 1 aliphatic carbocycles. The minimum atomic E-state index is -4.84. The molecule has 1 aliphatic rings. The number of aliphatic hydroxyl groups is 1. The molecule has 0 saturated heterocycles. The molecule has 9 heteroatoms. The van der Waals surface area contributed by atoms with Crippen molar-refractivity contribution in [3.8, 4) is 5.75 Å². The van der Waals surface area contributed by atoms with Gasteiger partial charge in [0.25, 0.3) is 10.0 Å². The smallest absolute Gasteiger partial charge is 0.406 e. The lowest BCUT2D eigenvalue weighted by Gasteiger charge is -2.23. The van der Waals surface area contributed by atoms with Gasteiger partial charge in [0.2, 0.25) is 0 Å². The monoisotopic (exact) mass is 351 g/mol. The highest BCUT2D eigenvalue weighted by Crippen LogP contribution is 2.26. The second kappa shape index (κ2) is 6.88. The summed E-state index contributed by atoms with van der Waals surface area (Å²) in [6.07, 6.45) is -1.23. The first-order valence-electron chi connectivity index (χ1n) is 7.02. The summed E-state index contributed by atoms with van der Waals surface area (Å²) in [4.78, 5) is -0.242. The number of alkyl halides is 3.